The number of rotatable bonds is 4. The molecule has 0 radical (unpaired) electrons. The van der Waals surface area contributed by atoms with Crippen LogP contribution in [0.15, 0.2) is 30.6 Å². The first-order valence-corrected chi connectivity index (χ1v) is 5.41. The predicted octanol–water partition coefficient (Wildman–Crippen LogP) is 1.59. The maximum atomic E-state index is 12.7. The fraction of sp³-hybridized carbons (Fsp3) is 0.333. The Morgan fingerprint density at radius 3 is 2.53 bits per heavy atom. The normalized spacial score (nSPS) is 11.1. The molecular formula is C12H15FN4. The first-order chi connectivity index (χ1) is 8.15. The second-order valence-corrected chi connectivity index (χ2v) is 4.10. The third-order valence-corrected chi connectivity index (χ3v) is 2.58. The quantitative estimate of drug-likeness (QED) is 0.805. The van der Waals surface area contributed by atoms with Crippen molar-refractivity contribution >= 4 is 0 Å². The maximum absolute atomic E-state index is 12.7. The summed E-state index contributed by atoms with van der Waals surface area (Å²) in [5, 5.41) is 4.02. The van der Waals surface area contributed by atoms with Crippen LogP contribution >= 0.6 is 0 Å². The topological polar surface area (TPSA) is 34.0 Å². The average Bonchev–Trinajstić information content (AvgIpc) is 2.68. The van der Waals surface area contributed by atoms with Crippen molar-refractivity contribution in [2.75, 3.05) is 7.05 Å². The van der Waals surface area contributed by atoms with Crippen LogP contribution in [0.5, 0.6) is 0 Å². The highest BCUT2D eigenvalue weighted by molar-refractivity contribution is 5.15. The van der Waals surface area contributed by atoms with E-state index in [0.29, 0.717) is 6.54 Å². The molecule has 0 saturated heterocycles. The molecule has 4 nitrogen and oxygen atoms in total. The van der Waals surface area contributed by atoms with Crippen LogP contribution in [-0.2, 0) is 20.1 Å². The number of hydrogen-bond donors (Lipinski definition) is 0. The number of aryl methyl sites for hydroxylation is 1. The van der Waals surface area contributed by atoms with Crippen LogP contribution in [0.3, 0.4) is 0 Å². The van der Waals surface area contributed by atoms with Crippen LogP contribution in [0, 0.1) is 5.82 Å². The lowest BCUT2D eigenvalue weighted by molar-refractivity contribution is 0.305. The smallest absolute Gasteiger partial charge is 0.140 e. The lowest BCUT2D eigenvalue weighted by Crippen LogP contribution is -2.19. The van der Waals surface area contributed by atoms with Gasteiger partial charge in [-0.2, -0.15) is 5.10 Å². The van der Waals surface area contributed by atoms with Gasteiger partial charge in [-0.05, 0) is 24.7 Å². The second-order valence-electron chi connectivity index (χ2n) is 4.10. The van der Waals surface area contributed by atoms with Gasteiger partial charge in [-0.1, -0.05) is 12.1 Å². The van der Waals surface area contributed by atoms with Gasteiger partial charge in [0.1, 0.15) is 18.0 Å². The highest BCUT2D eigenvalue weighted by Crippen LogP contribution is 2.07. The zero-order chi connectivity index (χ0) is 12.3. The first-order valence-electron chi connectivity index (χ1n) is 5.41. The summed E-state index contributed by atoms with van der Waals surface area (Å²) >= 11 is 0. The Morgan fingerprint density at radius 2 is 1.94 bits per heavy atom. The summed E-state index contributed by atoms with van der Waals surface area (Å²) in [7, 11) is 3.87. The number of nitrogens with zero attached hydrogens (tertiary/aromatic N) is 4. The van der Waals surface area contributed by atoms with Gasteiger partial charge in [0, 0.05) is 13.6 Å². The molecule has 0 fully saturated rings. The van der Waals surface area contributed by atoms with Crippen molar-refractivity contribution in [1.82, 2.24) is 19.7 Å². The number of halogens is 1. The van der Waals surface area contributed by atoms with Gasteiger partial charge in [0.2, 0.25) is 0 Å². The Bertz CT molecular complexity index is 478. The Hall–Kier alpha value is -1.75. The highest BCUT2D eigenvalue weighted by atomic mass is 19.1. The van der Waals surface area contributed by atoms with Crippen molar-refractivity contribution in [1.29, 1.82) is 0 Å². The van der Waals surface area contributed by atoms with Gasteiger partial charge in [-0.15, -0.1) is 0 Å². The summed E-state index contributed by atoms with van der Waals surface area (Å²) < 4.78 is 14.5. The van der Waals surface area contributed by atoms with E-state index in [1.54, 1.807) is 23.1 Å². The summed E-state index contributed by atoms with van der Waals surface area (Å²) in [6.45, 7) is 1.47. The third-order valence-electron chi connectivity index (χ3n) is 2.58. The molecule has 1 aromatic heterocycles. The molecule has 0 saturated carbocycles. The molecule has 2 aromatic rings. The Morgan fingerprint density at radius 1 is 1.24 bits per heavy atom. The van der Waals surface area contributed by atoms with Crippen molar-refractivity contribution in [3.8, 4) is 0 Å². The zero-order valence-corrected chi connectivity index (χ0v) is 9.97. The van der Waals surface area contributed by atoms with Crippen molar-refractivity contribution in [2.45, 2.75) is 13.1 Å². The molecule has 1 heterocycles. The molecule has 0 aliphatic heterocycles. The molecule has 17 heavy (non-hydrogen) atoms. The van der Waals surface area contributed by atoms with Crippen LogP contribution in [-0.4, -0.2) is 26.7 Å². The number of aromatic nitrogens is 3. The molecular weight excluding hydrogens is 219 g/mol. The highest BCUT2D eigenvalue weighted by Gasteiger charge is 2.06. The van der Waals surface area contributed by atoms with E-state index in [0.717, 1.165) is 17.9 Å². The van der Waals surface area contributed by atoms with Crippen molar-refractivity contribution < 1.29 is 4.39 Å². The molecule has 2 rings (SSSR count). The Labute approximate surface area is 99.7 Å². The summed E-state index contributed by atoms with van der Waals surface area (Å²) in [6.07, 6.45) is 1.54. The fourth-order valence-corrected chi connectivity index (χ4v) is 1.66. The Balaban J connectivity index is 1.95. The Kier molecular flexibility index (Phi) is 3.49. The maximum Gasteiger partial charge on any atom is 0.140 e. The summed E-state index contributed by atoms with van der Waals surface area (Å²) in [4.78, 5) is 6.27. The van der Waals surface area contributed by atoms with Gasteiger partial charge in [0.05, 0.1) is 6.54 Å². The van der Waals surface area contributed by atoms with E-state index < -0.39 is 0 Å². The average molecular weight is 234 g/mol. The molecule has 0 aliphatic rings. The standard InChI is InChI=1S/C12H15FN4/c1-16(8-12-14-9-15-17(12)2)7-10-3-5-11(13)6-4-10/h3-6,9H,7-8H2,1-2H3. The minimum atomic E-state index is -0.204. The molecule has 0 unspecified atom stereocenters. The van der Waals surface area contributed by atoms with Crippen molar-refractivity contribution in [3.63, 3.8) is 0 Å². The summed E-state index contributed by atoms with van der Waals surface area (Å²) in [6, 6.07) is 6.54. The molecule has 90 valence electrons. The molecule has 0 amide bonds. The first kappa shape index (κ1) is 11.7. The van der Waals surface area contributed by atoms with Gasteiger partial charge in [0.15, 0.2) is 0 Å². The van der Waals surface area contributed by atoms with Crippen LogP contribution < -0.4 is 0 Å². The molecule has 5 heteroatoms. The van der Waals surface area contributed by atoms with Crippen LogP contribution in [0.4, 0.5) is 4.39 Å². The third kappa shape index (κ3) is 3.10. The molecule has 1 aromatic carbocycles. The van der Waals surface area contributed by atoms with E-state index >= 15 is 0 Å². The zero-order valence-electron chi connectivity index (χ0n) is 9.97. The minimum Gasteiger partial charge on any atom is -0.295 e. The number of benzene rings is 1. The van der Waals surface area contributed by atoms with E-state index in [4.69, 9.17) is 0 Å². The SMILES string of the molecule is CN(Cc1ccc(F)cc1)Cc1ncnn1C. The van der Waals surface area contributed by atoms with E-state index in [-0.39, 0.29) is 5.82 Å². The van der Waals surface area contributed by atoms with Crippen molar-refractivity contribution in [3.05, 3.63) is 47.8 Å². The molecule has 0 N–H and O–H groups in total. The summed E-state index contributed by atoms with van der Waals surface area (Å²) in [5.74, 6) is 0.708. The second kappa shape index (κ2) is 5.05. The van der Waals surface area contributed by atoms with E-state index in [1.807, 2.05) is 14.1 Å². The molecule has 0 aliphatic carbocycles. The van der Waals surface area contributed by atoms with Gasteiger partial charge >= 0.3 is 0 Å². The predicted molar refractivity (Wildman–Crippen MR) is 62.6 cm³/mol. The van der Waals surface area contributed by atoms with Gasteiger partial charge in [0.25, 0.3) is 0 Å². The van der Waals surface area contributed by atoms with Crippen LogP contribution in [0.25, 0.3) is 0 Å². The minimum absolute atomic E-state index is 0.204. The fourth-order valence-electron chi connectivity index (χ4n) is 1.66. The van der Waals surface area contributed by atoms with Crippen LogP contribution in [0.2, 0.25) is 0 Å². The van der Waals surface area contributed by atoms with Gasteiger partial charge < -0.3 is 0 Å². The van der Waals surface area contributed by atoms with Gasteiger partial charge in [-0.3, -0.25) is 9.58 Å². The molecule has 0 bridgehead atoms. The van der Waals surface area contributed by atoms with E-state index in [2.05, 4.69) is 15.0 Å². The molecule has 0 atom stereocenters. The van der Waals surface area contributed by atoms with Crippen molar-refractivity contribution in [2.24, 2.45) is 7.05 Å². The largest absolute Gasteiger partial charge is 0.295 e. The lowest BCUT2D eigenvalue weighted by atomic mass is 10.2. The lowest BCUT2D eigenvalue weighted by Gasteiger charge is -2.15. The molecule has 0 spiro atoms. The van der Waals surface area contributed by atoms with Crippen LogP contribution in [0.1, 0.15) is 11.4 Å². The van der Waals surface area contributed by atoms with E-state index in [9.17, 15) is 4.39 Å². The summed E-state index contributed by atoms with van der Waals surface area (Å²) in [5.41, 5.74) is 1.08. The monoisotopic (exact) mass is 234 g/mol. The van der Waals surface area contributed by atoms with Gasteiger partial charge in [-0.25, -0.2) is 9.37 Å². The number of hydrogen-bond acceptors (Lipinski definition) is 3. The van der Waals surface area contributed by atoms with E-state index in [1.165, 1.54) is 12.1 Å².